The molecule has 12 nitrogen and oxygen atoms in total. The molecule has 0 saturated carbocycles. The number of aryl methyl sites for hydroxylation is 1. The molecule has 1 aliphatic rings. The van der Waals surface area contributed by atoms with Crippen molar-refractivity contribution in [3.8, 4) is 46.0 Å². The zero-order valence-corrected chi connectivity index (χ0v) is 29.2. The van der Waals surface area contributed by atoms with Crippen LogP contribution in [0.15, 0.2) is 78.9 Å². The van der Waals surface area contributed by atoms with Crippen LogP contribution in [0.4, 0.5) is 0 Å². The molecule has 5 rings (SSSR count). The predicted molar refractivity (Wildman–Crippen MR) is 191 cm³/mol. The number of benzene rings is 4. The van der Waals surface area contributed by atoms with E-state index in [1.54, 1.807) is 54.6 Å². The molecule has 0 aromatic heterocycles. The molecule has 1 heterocycles. The van der Waals surface area contributed by atoms with Crippen LogP contribution in [0.1, 0.15) is 46.3 Å². The molecule has 52 heavy (non-hydrogen) atoms. The van der Waals surface area contributed by atoms with Crippen LogP contribution in [0, 0.1) is 0 Å². The molecule has 0 amide bonds. The summed E-state index contributed by atoms with van der Waals surface area (Å²) in [6.45, 7) is 0.0692. The third kappa shape index (κ3) is 8.70. The summed E-state index contributed by atoms with van der Waals surface area (Å²) in [5, 5.41) is 29.9. The van der Waals surface area contributed by atoms with E-state index in [0.29, 0.717) is 41.0 Å². The van der Waals surface area contributed by atoms with E-state index in [1.165, 1.54) is 58.8 Å². The van der Waals surface area contributed by atoms with Crippen LogP contribution in [0.5, 0.6) is 46.0 Å². The summed E-state index contributed by atoms with van der Waals surface area (Å²) in [7, 11) is 5.86. The number of carbonyl (C=O) groups excluding carboxylic acids is 2. The van der Waals surface area contributed by atoms with Crippen molar-refractivity contribution in [1.29, 1.82) is 0 Å². The monoisotopic (exact) mass is 712 g/mol. The second-order valence-corrected chi connectivity index (χ2v) is 11.7. The molecular weight excluding hydrogens is 672 g/mol. The van der Waals surface area contributed by atoms with Gasteiger partial charge in [-0.15, -0.1) is 0 Å². The molecule has 0 radical (unpaired) electrons. The molecule has 272 valence electrons. The van der Waals surface area contributed by atoms with E-state index in [9.17, 15) is 24.9 Å². The number of aromatic hydroxyl groups is 3. The fourth-order valence-corrected chi connectivity index (χ4v) is 5.86. The van der Waals surface area contributed by atoms with E-state index in [0.717, 1.165) is 11.1 Å². The van der Waals surface area contributed by atoms with Crippen LogP contribution in [0.25, 0.3) is 12.2 Å². The molecule has 2 atom stereocenters. The Morgan fingerprint density at radius 2 is 1.21 bits per heavy atom. The zero-order valence-electron chi connectivity index (χ0n) is 29.2. The minimum atomic E-state index is -0.640. The van der Waals surface area contributed by atoms with Crippen molar-refractivity contribution in [2.45, 2.75) is 24.9 Å². The Labute approximate surface area is 301 Å². The van der Waals surface area contributed by atoms with Crippen LogP contribution in [0.2, 0.25) is 0 Å². The summed E-state index contributed by atoms with van der Waals surface area (Å²) >= 11 is 0. The fraction of sp³-hybridized carbons (Fsp3) is 0.250. The number of esters is 2. The maximum absolute atomic E-state index is 13.0. The lowest BCUT2D eigenvalue weighted by Crippen LogP contribution is -2.18. The molecule has 0 aliphatic carbocycles. The van der Waals surface area contributed by atoms with E-state index >= 15 is 0 Å². The highest BCUT2D eigenvalue weighted by Gasteiger charge is 2.40. The van der Waals surface area contributed by atoms with Crippen molar-refractivity contribution in [3.05, 3.63) is 107 Å². The third-order valence-corrected chi connectivity index (χ3v) is 8.45. The number of hydrogen-bond donors (Lipinski definition) is 3. The molecule has 0 unspecified atom stereocenters. The molecule has 0 saturated heterocycles. The highest BCUT2D eigenvalue weighted by Crippen LogP contribution is 2.53. The van der Waals surface area contributed by atoms with Gasteiger partial charge in [-0.05, 0) is 89.7 Å². The molecule has 0 spiro atoms. The molecule has 0 fully saturated rings. The van der Waals surface area contributed by atoms with Crippen LogP contribution < -0.4 is 23.7 Å². The Morgan fingerprint density at radius 1 is 0.673 bits per heavy atom. The van der Waals surface area contributed by atoms with Crippen LogP contribution >= 0.6 is 0 Å². The van der Waals surface area contributed by atoms with Gasteiger partial charge in [-0.25, -0.2) is 9.59 Å². The average Bonchev–Trinajstić information content (AvgIpc) is 3.55. The van der Waals surface area contributed by atoms with Gasteiger partial charge in [-0.2, -0.15) is 0 Å². The highest BCUT2D eigenvalue weighted by atomic mass is 16.5. The molecule has 0 bridgehead atoms. The molecule has 12 heteroatoms. The van der Waals surface area contributed by atoms with Gasteiger partial charge in [0, 0.05) is 17.7 Å². The fourth-order valence-electron chi connectivity index (χ4n) is 5.86. The van der Waals surface area contributed by atoms with Crippen molar-refractivity contribution >= 4 is 24.1 Å². The Kier molecular flexibility index (Phi) is 12.1. The van der Waals surface area contributed by atoms with E-state index in [2.05, 4.69) is 0 Å². The van der Waals surface area contributed by atoms with Gasteiger partial charge < -0.3 is 48.5 Å². The van der Waals surface area contributed by atoms with Gasteiger partial charge in [0.2, 0.25) is 0 Å². The summed E-state index contributed by atoms with van der Waals surface area (Å²) in [6.07, 6.45) is 6.05. The number of phenols is 3. The normalized spacial score (nSPS) is 14.8. The lowest BCUT2D eigenvalue weighted by molar-refractivity contribution is -0.139. The van der Waals surface area contributed by atoms with Crippen molar-refractivity contribution in [2.24, 2.45) is 0 Å². The summed E-state index contributed by atoms with van der Waals surface area (Å²) in [4.78, 5) is 25.5. The van der Waals surface area contributed by atoms with Gasteiger partial charge in [0.1, 0.15) is 12.7 Å². The standard InChI is InChI=1S/C40H40O12/c1-46-32-16-12-26(6-5-19-50-36(44)17-9-24-7-13-29(41)33(20-24)47-2)38-28(39(52-40(32)38)27-11-15-31(43)35(22-27)49-4)23-51-37(45)18-10-25-8-14-30(42)34(21-25)48-3/h7-18,20-22,28,39,41-43H,5-6,19,23H2,1-4H3/t28-,39+/m1/s1. The largest absolute Gasteiger partial charge is 0.504 e. The highest BCUT2D eigenvalue weighted by molar-refractivity contribution is 5.87. The number of methoxy groups -OCH3 is 4. The maximum Gasteiger partial charge on any atom is 0.330 e. The van der Waals surface area contributed by atoms with Crippen molar-refractivity contribution < 1.29 is 58.1 Å². The van der Waals surface area contributed by atoms with E-state index < -0.39 is 24.0 Å². The molecule has 1 aliphatic heterocycles. The topological polar surface area (TPSA) is 159 Å². The second-order valence-electron chi connectivity index (χ2n) is 11.7. The van der Waals surface area contributed by atoms with Gasteiger partial charge in [0.15, 0.2) is 46.0 Å². The number of carbonyl (C=O) groups is 2. The minimum Gasteiger partial charge on any atom is -0.504 e. The Bertz CT molecular complexity index is 1960. The first kappa shape index (κ1) is 37.0. The van der Waals surface area contributed by atoms with Gasteiger partial charge >= 0.3 is 11.9 Å². The van der Waals surface area contributed by atoms with E-state index in [4.69, 9.17) is 33.2 Å². The SMILES string of the molecule is COc1cc(C=CC(=O)OCCCc2ccc(OC)c3c2[C@@H](COC(=O)C=Cc2ccc(O)c(OC)c2)[C@H](c2ccc(O)c(OC)c2)O3)ccc1O. The van der Waals surface area contributed by atoms with Gasteiger partial charge in [-0.1, -0.05) is 24.3 Å². The summed E-state index contributed by atoms with van der Waals surface area (Å²) in [5.74, 6) is 0.123. The summed E-state index contributed by atoms with van der Waals surface area (Å²) in [5.41, 5.74) is 3.63. The van der Waals surface area contributed by atoms with Gasteiger partial charge in [-0.3, -0.25) is 0 Å². The van der Waals surface area contributed by atoms with Crippen molar-refractivity contribution in [2.75, 3.05) is 41.7 Å². The zero-order chi connectivity index (χ0) is 37.2. The Hall–Kier alpha value is -6.30. The summed E-state index contributed by atoms with van der Waals surface area (Å²) in [6, 6.07) is 18.0. The molecule has 3 N–H and O–H groups in total. The maximum atomic E-state index is 13.0. The van der Waals surface area contributed by atoms with Crippen LogP contribution in [-0.4, -0.2) is 68.9 Å². The predicted octanol–water partition coefficient (Wildman–Crippen LogP) is 6.50. The first-order valence-corrected chi connectivity index (χ1v) is 16.3. The molecule has 4 aromatic rings. The number of rotatable bonds is 15. The van der Waals surface area contributed by atoms with Crippen molar-refractivity contribution in [3.63, 3.8) is 0 Å². The second kappa shape index (κ2) is 17.1. The average molecular weight is 713 g/mol. The number of fused-ring (bicyclic) bond motifs is 1. The number of hydrogen-bond acceptors (Lipinski definition) is 12. The number of ether oxygens (including phenoxy) is 7. The van der Waals surface area contributed by atoms with Gasteiger partial charge in [0.25, 0.3) is 0 Å². The van der Waals surface area contributed by atoms with E-state index in [1.807, 2.05) is 6.07 Å². The lowest BCUT2D eigenvalue weighted by Gasteiger charge is -2.21. The minimum absolute atomic E-state index is 0.00372. The van der Waals surface area contributed by atoms with Crippen LogP contribution in [0.3, 0.4) is 0 Å². The smallest absolute Gasteiger partial charge is 0.330 e. The summed E-state index contributed by atoms with van der Waals surface area (Å²) < 4.78 is 39.0. The molecular formula is C40H40O12. The van der Waals surface area contributed by atoms with Crippen LogP contribution in [-0.2, 0) is 25.5 Å². The van der Waals surface area contributed by atoms with E-state index in [-0.39, 0.29) is 47.7 Å². The van der Waals surface area contributed by atoms with Crippen molar-refractivity contribution in [1.82, 2.24) is 0 Å². The van der Waals surface area contributed by atoms with Gasteiger partial charge in [0.05, 0.1) is 41.0 Å². The quantitative estimate of drug-likeness (QED) is 0.0699. The Morgan fingerprint density at radius 3 is 1.79 bits per heavy atom. The molecule has 4 aromatic carbocycles. The number of phenolic OH excluding ortho intramolecular Hbond substituents is 3. The Balaban J connectivity index is 1.33. The lowest BCUT2D eigenvalue weighted by atomic mass is 9.87. The first-order chi connectivity index (χ1) is 25.1. The first-order valence-electron chi connectivity index (χ1n) is 16.3. The third-order valence-electron chi connectivity index (χ3n) is 8.45.